The molecule has 0 amide bonds. The molecule has 0 heterocycles. The summed E-state index contributed by atoms with van der Waals surface area (Å²) in [5.41, 5.74) is 5.29. The summed E-state index contributed by atoms with van der Waals surface area (Å²) in [4.78, 5) is 0. The van der Waals surface area contributed by atoms with Gasteiger partial charge in [-0.3, -0.25) is 0 Å². The van der Waals surface area contributed by atoms with Gasteiger partial charge in [-0.25, -0.2) is 0 Å². The highest BCUT2D eigenvalue weighted by atomic mass is 14.2. The van der Waals surface area contributed by atoms with E-state index in [1.165, 1.54) is 55.7 Å². The van der Waals surface area contributed by atoms with Crippen LogP contribution in [0.1, 0.15) is 96.3 Å². The maximum Gasteiger partial charge on any atom is -0.0116 e. The molecule has 0 bridgehead atoms. The average Bonchev–Trinajstić information content (AvgIpc) is 2.71. The highest BCUT2D eigenvalue weighted by Crippen LogP contribution is 2.33. The number of hydrogen-bond acceptors (Lipinski definition) is 0. The molecular formula is C27H40. The van der Waals surface area contributed by atoms with Gasteiger partial charge in [-0.15, -0.1) is 0 Å². The van der Waals surface area contributed by atoms with E-state index in [4.69, 9.17) is 0 Å². The Bertz CT molecular complexity index is 769. The van der Waals surface area contributed by atoms with Gasteiger partial charge in [0.05, 0.1) is 0 Å². The third-order valence-corrected chi connectivity index (χ3v) is 7.05. The van der Waals surface area contributed by atoms with Crippen LogP contribution in [-0.4, -0.2) is 0 Å². The van der Waals surface area contributed by atoms with Crippen LogP contribution in [0, 0.1) is 15.9 Å². The molecule has 0 fully saturated rings. The molecule has 0 atom stereocenters. The lowest BCUT2D eigenvalue weighted by Crippen LogP contribution is -2.10. The Hall–Kier alpha value is -1.56. The second kappa shape index (κ2) is 10.1. The molecule has 0 heteroatoms. The minimum atomic E-state index is 0.625. The molecule has 0 N–H and O–H groups in total. The van der Waals surface area contributed by atoms with Crippen molar-refractivity contribution in [2.75, 3.05) is 0 Å². The third-order valence-electron chi connectivity index (χ3n) is 7.05. The first kappa shape index (κ1) is 21.7. The largest absolute Gasteiger partial charge is 0.0649 e. The van der Waals surface area contributed by atoms with Gasteiger partial charge in [0.1, 0.15) is 0 Å². The van der Waals surface area contributed by atoms with Gasteiger partial charge in [-0.05, 0) is 64.1 Å². The van der Waals surface area contributed by atoms with Crippen LogP contribution in [0.5, 0.6) is 0 Å². The molecular weight excluding hydrogens is 324 g/mol. The summed E-state index contributed by atoms with van der Waals surface area (Å²) in [5.74, 6) is 0.777. The van der Waals surface area contributed by atoms with Gasteiger partial charge < -0.3 is 0 Å². The third kappa shape index (κ3) is 5.24. The standard InChI is InChI=1S/C19H22.C8H18/c1-3-15(4-2)18-13-17-12-16(19(17)18)11-10-14-8-6-5-7-9-14;1-5-8(4,6-2)7-3/h5-9,12-13,15H,3-4,10-11H2,1-2H3;5-7H2,1-4H3. The molecule has 2 aliphatic rings. The molecule has 3 rings (SSSR count). The van der Waals surface area contributed by atoms with Crippen molar-refractivity contribution in [1.29, 1.82) is 0 Å². The fourth-order valence-electron chi connectivity index (χ4n) is 3.99. The molecule has 2 aliphatic carbocycles. The molecule has 0 radical (unpaired) electrons. The summed E-state index contributed by atoms with van der Waals surface area (Å²) in [6.07, 6.45) is 8.86. The minimum Gasteiger partial charge on any atom is -0.0649 e. The lowest BCUT2D eigenvalue weighted by molar-refractivity contribution is 0.286. The van der Waals surface area contributed by atoms with Gasteiger partial charge >= 0.3 is 0 Å². The zero-order valence-corrected chi connectivity index (χ0v) is 18.6. The van der Waals surface area contributed by atoms with Crippen molar-refractivity contribution in [3.63, 3.8) is 0 Å². The summed E-state index contributed by atoms with van der Waals surface area (Å²) < 4.78 is 0. The van der Waals surface area contributed by atoms with E-state index in [9.17, 15) is 0 Å². The summed E-state index contributed by atoms with van der Waals surface area (Å²) in [6, 6.07) is 15.6. The summed E-state index contributed by atoms with van der Waals surface area (Å²) >= 11 is 0. The Morgan fingerprint density at radius 2 is 1.37 bits per heavy atom. The molecule has 27 heavy (non-hydrogen) atoms. The summed E-state index contributed by atoms with van der Waals surface area (Å²) in [5, 5.41) is 3.12. The molecule has 0 aromatic heterocycles. The maximum absolute atomic E-state index is 2.40. The van der Waals surface area contributed by atoms with E-state index in [1.807, 2.05) is 0 Å². The van der Waals surface area contributed by atoms with Crippen molar-refractivity contribution in [3.05, 3.63) is 69.6 Å². The van der Waals surface area contributed by atoms with Crippen LogP contribution >= 0.6 is 0 Å². The van der Waals surface area contributed by atoms with Crippen molar-refractivity contribution in [2.45, 2.75) is 92.4 Å². The second-order valence-corrected chi connectivity index (χ2v) is 8.47. The predicted molar refractivity (Wildman–Crippen MR) is 120 cm³/mol. The van der Waals surface area contributed by atoms with Crippen molar-refractivity contribution in [3.8, 4) is 0 Å². The SMILES string of the molecule is CCC(C)(CC)CC.CCC(CC)c1cc2cc(CCc3ccccc3)c1=2. The highest BCUT2D eigenvalue weighted by molar-refractivity contribution is 5.43. The molecule has 1 aromatic rings. The number of aryl methyl sites for hydroxylation is 2. The van der Waals surface area contributed by atoms with Crippen LogP contribution in [0.25, 0.3) is 0 Å². The van der Waals surface area contributed by atoms with Crippen molar-refractivity contribution < 1.29 is 0 Å². The predicted octanol–water partition coefficient (Wildman–Crippen LogP) is 8.20. The van der Waals surface area contributed by atoms with Crippen LogP contribution in [0.4, 0.5) is 0 Å². The van der Waals surface area contributed by atoms with Crippen LogP contribution in [0.3, 0.4) is 0 Å². The normalized spacial score (nSPS) is 12.0. The Morgan fingerprint density at radius 3 is 1.81 bits per heavy atom. The van der Waals surface area contributed by atoms with Gasteiger partial charge in [-0.2, -0.15) is 0 Å². The molecule has 0 saturated carbocycles. The van der Waals surface area contributed by atoms with Gasteiger partial charge in [0.15, 0.2) is 0 Å². The van der Waals surface area contributed by atoms with E-state index >= 15 is 0 Å². The zero-order valence-electron chi connectivity index (χ0n) is 18.6. The molecule has 0 unspecified atom stereocenters. The Kier molecular flexibility index (Phi) is 8.14. The molecule has 0 nitrogen and oxygen atoms in total. The molecule has 0 aliphatic heterocycles. The van der Waals surface area contributed by atoms with Gasteiger partial charge in [0.25, 0.3) is 0 Å². The van der Waals surface area contributed by atoms with Crippen LogP contribution in [0.15, 0.2) is 42.5 Å². The van der Waals surface area contributed by atoms with Gasteiger partial charge in [0, 0.05) is 0 Å². The van der Waals surface area contributed by atoms with E-state index in [1.54, 1.807) is 16.3 Å². The number of rotatable bonds is 9. The van der Waals surface area contributed by atoms with Crippen molar-refractivity contribution in [1.82, 2.24) is 0 Å². The molecule has 0 saturated heterocycles. The summed E-state index contributed by atoms with van der Waals surface area (Å²) in [7, 11) is 0. The lowest BCUT2D eigenvalue weighted by atomic mass is 9.81. The lowest BCUT2D eigenvalue weighted by Gasteiger charge is -2.23. The van der Waals surface area contributed by atoms with E-state index in [0.29, 0.717) is 5.41 Å². The maximum atomic E-state index is 2.40. The Labute approximate surface area is 167 Å². The Morgan fingerprint density at radius 1 is 0.778 bits per heavy atom. The fourth-order valence-corrected chi connectivity index (χ4v) is 3.99. The number of benzene rings is 2. The number of hydrogen-bond donors (Lipinski definition) is 0. The second-order valence-electron chi connectivity index (χ2n) is 8.47. The van der Waals surface area contributed by atoms with E-state index in [0.717, 1.165) is 5.92 Å². The first-order valence-electron chi connectivity index (χ1n) is 11.2. The zero-order chi connectivity index (χ0) is 19.9. The quantitative estimate of drug-likeness (QED) is 0.359. The van der Waals surface area contributed by atoms with Crippen molar-refractivity contribution in [2.24, 2.45) is 5.41 Å². The van der Waals surface area contributed by atoms with E-state index in [-0.39, 0.29) is 0 Å². The van der Waals surface area contributed by atoms with Crippen LogP contribution in [-0.2, 0) is 12.8 Å². The van der Waals surface area contributed by atoms with Gasteiger partial charge in [-0.1, -0.05) is 103 Å². The smallest absolute Gasteiger partial charge is 0.0116 e. The van der Waals surface area contributed by atoms with Gasteiger partial charge in [0.2, 0.25) is 0 Å². The Balaban J connectivity index is 0.000000279. The molecule has 1 aromatic carbocycles. The topological polar surface area (TPSA) is 0 Å². The summed E-state index contributed by atoms with van der Waals surface area (Å²) in [6.45, 7) is 13.8. The fraction of sp³-hybridized carbons (Fsp3) is 0.556. The monoisotopic (exact) mass is 364 g/mol. The average molecular weight is 365 g/mol. The molecule has 148 valence electrons. The highest BCUT2D eigenvalue weighted by Gasteiger charge is 2.18. The van der Waals surface area contributed by atoms with Crippen LogP contribution in [0.2, 0.25) is 0 Å². The first-order valence-corrected chi connectivity index (χ1v) is 11.2. The molecule has 0 spiro atoms. The first-order chi connectivity index (χ1) is 13.0. The minimum absolute atomic E-state index is 0.625. The van der Waals surface area contributed by atoms with E-state index in [2.05, 4.69) is 84.0 Å². The van der Waals surface area contributed by atoms with Crippen LogP contribution < -0.4 is 0 Å². The van der Waals surface area contributed by atoms with E-state index < -0.39 is 0 Å². The van der Waals surface area contributed by atoms with Crippen molar-refractivity contribution >= 4 is 0 Å².